The molecule has 1 aromatic heterocycles. The minimum Gasteiger partial charge on any atom is -0.463 e. The van der Waals surface area contributed by atoms with E-state index >= 15 is 0 Å². The maximum Gasteiger partial charge on any atom is 0.337 e. The molecule has 0 saturated carbocycles. The molecule has 1 aromatic rings. The van der Waals surface area contributed by atoms with E-state index in [1.807, 2.05) is 0 Å². The van der Waals surface area contributed by atoms with E-state index in [-0.39, 0.29) is 33.5 Å². The van der Waals surface area contributed by atoms with Crippen LogP contribution in [0, 0.1) is 0 Å². The number of ether oxygens (including phenoxy) is 2. The second-order valence-electron chi connectivity index (χ2n) is 5.93. The SMILES string of the molecule is CCOC(=O)C1=C(C)NC(C)=C(C(=O)OC(C)C)C1c1sc(Cl)nc1Cl. The molecule has 2 rings (SSSR count). The Morgan fingerprint density at radius 2 is 1.77 bits per heavy atom. The van der Waals surface area contributed by atoms with Crippen molar-refractivity contribution in [2.45, 2.75) is 46.6 Å². The van der Waals surface area contributed by atoms with E-state index in [1.165, 1.54) is 0 Å². The number of carbonyl (C=O) groups is 2. The first-order valence-corrected chi connectivity index (χ1v) is 9.62. The van der Waals surface area contributed by atoms with Gasteiger partial charge in [0.05, 0.1) is 34.7 Å². The van der Waals surface area contributed by atoms with Crippen LogP contribution in [-0.4, -0.2) is 29.6 Å². The van der Waals surface area contributed by atoms with E-state index in [0.29, 0.717) is 16.3 Å². The number of nitrogens with zero attached hydrogens (tertiary/aromatic N) is 1. The van der Waals surface area contributed by atoms with Gasteiger partial charge in [-0.25, -0.2) is 14.6 Å². The van der Waals surface area contributed by atoms with Crippen molar-refractivity contribution in [2.24, 2.45) is 0 Å². The van der Waals surface area contributed by atoms with E-state index in [0.717, 1.165) is 11.3 Å². The monoisotopic (exact) mass is 418 g/mol. The predicted octanol–water partition coefficient (Wildman–Crippen LogP) is 4.20. The van der Waals surface area contributed by atoms with Crippen LogP contribution >= 0.6 is 34.5 Å². The molecule has 0 fully saturated rings. The van der Waals surface area contributed by atoms with Crippen molar-refractivity contribution in [3.8, 4) is 0 Å². The normalized spacial score (nSPS) is 17.5. The molecule has 9 heteroatoms. The third-order valence-corrected chi connectivity index (χ3v) is 5.29. The Morgan fingerprint density at radius 3 is 2.23 bits per heavy atom. The van der Waals surface area contributed by atoms with E-state index in [9.17, 15) is 9.59 Å². The van der Waals surface area contributed by atoms with Gasteiger partial charge in [-0.1, -0.05) is 23.2 Å². The van der Waals surface area contributed by atoms with Gasteiger partial charge in [-0.3, -0.25) is 0 Å². The van der Waals surface area contributed by atoms with Gasteiger partial charge >= 0.3 is 11.9 Å². The van der Waals surface area contributed by atoms with Crippen LogP contribution in [-0.2, 0) is 19.1 Å². The lowest BCUT2D eigenvalue weighted by atomic mass is 9.84. The molecule has 1 unspecified atom stereocenters. The summed E-state index contributed by atoms with van der Waals surface area (Å²) in [5, 5.41) is 3.21. The molecule has 0 bridgehead atoms. The fourth-order valence-corrected chi connectivity index (χ4v) is 4.29. The van der Waals surface area contributed by atoms with Crippen LogP contribution in [0.4, 0.5) is 0 Å². The third-order valence-electron chi connectivity index (χ3n) is 3.66. The zero-order chi connectivity index (χ0) is 19.6. The van der Waals surface area contributed by atoms with Gasteiger partial charge in [0.15, 0.2) is 4.47 Å². The first-order chi connectivity index (χ1) is 12.2. The zero-order valence-electron chi connectivity index (χ0n) is 15.1. The van der Waals surface area contributed by atoms with Gasteiger partial charge in [0.2, 0.25) is 0 Å². The van der Waals surface area contributed by atoms with Crippen molar-refractivity contribution >= 4 is 46.5 Å². The molecule has 6 nitrogen and oxygen atoms in total. The van der Waals surface area contributed by atoms with Gasteiger partial charge in [0.25, 0.3) is 0 Å². The van der Waals surface area contributed by atoms with Crippen LogP contribution in [0.3, 0.4) is 0 Å². The maximum absolute atomic E-state index is 12.8. The van der Waals surface area contributed by atoms with Crippen molar-refractivity contribution in [3.63, 3.8) is 0 Å². The summed E-state index contributed by atoms with van der Waals surface area (Å²) in [7, 11) is 0. The van der Waals surface area contributed by atoms with Crippen LogP contribution in [0.15, 0.2) is 22.5 Å². The predicted molar refractivity (Wildman–Crippen MR) is 101 cm³/mol. The van der Waals surface area contributed by atoms with Gasteiger partial charge in [0, 0.05) is 11.4 Å². The highest BCUT2D eigenvalue weighted by atomic mass is 35.5. The molecule has 1 N–H and O–H groups in total. The van der Waals surface area contributed by atoms with Crippen LogP contribution in [0.1, 0.15) is 45.4 Å². The maximum atomic E-state index is 12.8. The summed E-state index contributed by atoms with van der Waals surface area (Å²) in [6.07, 6.45) is -0.318. The Hall–Kier alpha value is -1.57. The molecule has 0 aromatic carbocycles. The highest BCUT2D eigenvalue weighted by Gasteiger charge is 2.40. The number of dihydropyridines is 1. The Kier molecular flexibility index (Phi) is 6.71. The molecular weight excluding hydrogens is 399 g/mol. The van der Waals surface area contributed by atoms with Crippen LogP contribution < -0.4 is 5.32 Å². The molecule has 1 atom stereocenters. The Morgan fingerprint density at radius 1 is 1.19 bits per heavy atom. The molecule has 0 amide bonds. The van der Waals surface area contributed by atoms with Crippen molar-refractivity contribution in [3.05, 3.63) is 37.0 Å². The first-order valence-electron chi connectivity index (χ1n) is 8.05. The number of thiazole rings is 1. The van der Waals surface area contributed by atoms with Crippen molar-refractivity contribution in [1.82, 2.24) is 10.3 Å². The summed E-state index contributed by atoms with van der Waals surface area (Å²) in [5.74, 6) is -1.84. The number of nitrogens with one attached hydrogen (secondary N) is 1. The minimum absolute atomic E-state index is 0.143. The standard InChI is InChI=1S/C17H20Cl2N2O4S/c1-6-24-15(22)10-8(4)20-9(5)11(16(23)25-7(2)3)12(10)13-14(18)21-17(19)26-13/h7,12,20H,6H2,1-5H3. The molecule has 2 heterocycles. The third kappa shape index (κ3) is 4.22. The van der Waals surface area contributed by atoms with Crippen molar-refractivity contribution < 1.29 is 19.1 Å². The van der Waals surface area contributed by atoms with Crippen molar-refractivity contribution in [1.29, 1.82) is 0 Å². The first kappa shape index (κ1) is 20.7. The molecule has 1 aliphatic rings. The topological polar surface area (TPSA) is 77.5 Å². The summed E-state index contributed by atoms with van der Waals surface area (Å²) in [5.41, 5.74) is 1.73. The minimum atomic E-state index is -0.765. The molecule has 26 heavy (non-hydrogen) atoms. The smallest absolute Gasteiger partial charge is 0.337 e. The van der Waals surface area contributed by atoms with Gasteiger partial charge < -0.3 is 14.8 Å². The molecule has 1 aliphatic heterocycles. The van der Waals surface area contributed by atoms with Gasteiger partial charge in [-0.2, -0.15) is 0 Å². The lowest BCUT2D eigenvalue weighted by Gasteiger charge is -2.29. The number of halogens is 2. The molecule has 142 valence electrons. The molecule has 0 spiro atoms. The number of carbonyl (C=O) groups excluding carboxylic acids is 2. The average Bonchev–Trinajstić information content (AvgIpc) is 2.83. The Balaban J connectivity index is 2.65. The van der Waals surface area contributed by atoms with E-state index in [4.69, 9.17) is 32.7 Å². The average molecular weight is 419 g/mol. The molecule has 0 saturated heterocycles. The summed E-state index contributed by atoms with van der Waals surface area (Å²) in [4.78, 5) is 29.9. The second kappa shape index (κ2) is 8.41. The van der Waals surface area contributed by atoms with Crippen LogP contribution in [0.2, 0.25) is 9.62 Å². The second-order valence-corrected chi connectivity index (χ2v) is 7.90. The summed E-state index contributed by atoms with van der Waals surface area (Å²) in [6.45, 7) is 8.90. The number of aromatic nitrogens is 1. The van der Waals surface area contributed by atoms with E-state index in [2.05, 4.69) is 10.3 Å². The summed E-state index contributed by atoms with van der Waals surface area (Å²) >= 11 is 13.4. The number of rotatable bonds is 5. The zero-order valence-corrected chi connectivity index (χ0v) is 17.4. The van der Waals surface area contributed by atoms with Crippen LogP contribution in [0.25, 0.3) is 0 Å². The largest absolute Gasteiger partial charge is 0.463 e. The Labute approximate surface area is 166 Å². The van der Waals surface area contributed by atoms with Gasteiger partial charge in [-0.15, -0.1) is 11.3 Å². The highest BCUT2D eigenvalue weighted by molar-refractivity contribution is 7.16. The Bertz CT molecular complexity index is 799. The fraction of sp³-hybridized carbons (Fsp3) is 0.471. The van der Waals surface area contributed by atoms with E-state index in [1.54, 1.807) is 34.6 Å². The highest BCUT2D eigenvalue weighted by Crippen LogP contribution is 2.45. The number of esters is 2. The lowest BCUT2D eigenvalue weighted by molar-refractivity contribution is -0.143. The fourth-order valence-electron chi connectivity index (χ4n) is 2.75. The number of hydrogen-bond donors (Lipinski definition) is 1. The van der Waals surface area contributed by atoms with Crippen LogP contribution in [0.5, 0.6) is 0 Å². The number of allylic oxidation sites excluding steroid dienone is 2. The van der Waals surface area contributed by atoms with E-state index < -0.39 is 17.9 Å². The summed E-state index contributed by atoms with van der Waals surface area (Å²) < 4.78 is 10.8. The lowest BCUT2D eigenvalue weighted by Crippen LogP contribution is -2.33. The quantitative estimate of drug-likeness (QED) is 0.721. The summed E-state index contributed by atoms with van der Waals surface area (Å²) in [6, 6.07) is 0. The molecule has 0 aliphatic carbocycles. The van der Waals surface area contributed by atoms with Gasteiger partial charge in [-0.05, 0) is 34.6 Å². The van der Waals surface area contributed by atoms with Gasteiger partial charge in [0.1, 0.15) is 5.15 Å². The molecule has 0 radical (unpaired) electrons. The number of hydrogen-bond acceptors (Lipinski definition) is 7. The van der Waals surface area contributed by atoms with Crippen molar-refractivity contribution in [2.75, 3.05) is 6.61 Å². The molecular formula is C17H20Cl2N2O4S.